The van der Waals surface area contributed by atoms with E-state index in [2.05, 4.69) is 67.5 Å². The molecule has 0 fully saturated rings. The van der Waals surface area contributed by atoms with Crippen molar-refractivity contribution in [2.45, 2.75) is 144 Å². The summed E-state index contributed by atoms with van der Waals surface area (Å²) in [6.07, 6.45) is 32.3. The Morgan fingerprint density at radius 1 is 0.344 bits per heavy atom. The normalized spacial score (nSPS) is 8.41. The Morgan fingerprint density at radius 3 is 0.750 bits per heavy atom. The van der Waals surface area contributed by atoms with Crippen molar-refractivity contribution in [2.75, 3.05) is 0 Å². The molecule has 0 saturated heterocycles. The van der Waals surface area contributed by atoms with E-state index in [9.17, 15) is 0 Å². The van der Waals surface area contributed by atoms with Crippen molar-refractivity contribution >= 4 is 0 Å². The van der Waals surface area contributed by atoms with Crippen molar-refractivity contribution in [2.24, 2.45) is 0 Å². The van der Waals surface area contributed by atoms with Gasteiger partial charge in [0.05, 0.1) is 0 Å². The molecule has 0 aromatic carbocycles. The molecule has 0 nitrogen and oxygen atoms in total. The van der Waals surface area contributed by atoms with Crippen LogP contribution in [0.1, 0.15) is 144 Å². The van der Waals surface area contributed by atoms with Crippen LogP contribution in [0.4, 0.5) is 0 Å². The molecule has 0 aromatic heterocycles. The first-order chi connectivity index (χ1) is 15.6. The van der Waals surface area contributed by atoms with Crippen LogP contribution in [0.3, 0.4) is 0 Å². The number of rotatable bonds is 17. The zero-order valence-electron chi connectivity index (χ0n) is 23.4. The van der Waals surface area contributed by atoms with Gasteiger partial charge >= 0.3 is 0 Å². The zero-order valence-corrected chi connectivity index (χ0v) is 23.4. The maximum atomic E-state index is 3.75. The molecule has 0 atom stereocenters. The summed E-state index contributed by atoms with van der Waals surface area (Å²) in [5, 5.41) is 0. The lowest BCUT2D eigenvalue weighted by molar-refractivity contribution is 0.545. The number of hydrogen-bond donors (Lipinski definition) is 0. The highest BCUT2D eigenvalue weighted by atomic mass is 14.0. The summed E-state index contributed by atoms with van der Waals surface area (Å²) in [5.74, 6) is 0. The van der Waals surface area contributed by atoms with Gasteiger partial charge in [0.2, 0.25) is 0 Å². The average molecular weight is 449 g/mol. The third-order valence-electron chi connectivity index (χ3n) is 4.42. The predicted octanol–water partition coefficient (Wildman–Crippen LogP) is 12.6. The summed E-state index contributed by atoms with van der Waals surface area (Å²) < 4.78 is 0. The highest BCUT2D eigenvalue weighted by Gasteiger charge is 1.92. The molecule has 0 bridgehead atoms. The van der Waals surface area contributed by atoms with Crippen LogP contribution in [0.2, 0.25) is 0 Å². The summed E-state index contributed by atoms with van der Waals surface area (Å²) >= 11 is 0. The van der Waals surface area contributed by atoms with E-state index < -0.39 is 0 Å². The minimum Gasteiger partial charge on any atom is -0.103 e. The van der Waals surface area contributed by atoms with Crippen LogP contribution in [0.5, 0.6) is 0 Å². The molecule has 0 heteroatoms. The van der Waals surface area contributed by atoms with Gasteiger partial charge in [0.1, 0.15) is 0 Å². The summed E-state index contributed by atoms with van der Waals surface area (Å²) in [7, 11) is 0. The molecule has 0 N–H and O–H groups in total. The predicted molar refractivity (Wildman–Crippen MR) is 158 cm³/mol. The molecule has 192 valence electrons. The average Bonchev–Trinajstić information content (AvgIpc) is 2.85. The highest BCUT2D eigenvalue weighted by Crippen LogP contribution is 2.12. The molecule has 32 heavy (non-hydrogen) atoms. The Hall–Kier alpha value is -1.30. The number of allylic oxidation sites excluding steroid dienone is 5. The Kier molecular flexibility index (Phi) is 73.2. The van der Waals surface area contributed by atoms with Crippen LogP contribution in [-0.4, -0.2) is 0 Å². The molecule has 0 radical (unpaired) electrons. The molecule has 0 aromatic rings. The molecule has 0 aliphatic heterocycles. The van der Waals surface area contributed by atoms with Crippen molar-refractivity contribution in [1.82, 2.24) is 0 Å². The van der Waals surface area contributed by atoms with Crippen LogP contribution < -0.4 is 0 Å². The summed E-state index contributed by atoms with van der Waals surface area (Å²) in [6.45, 7) is 28.2. The van der Waals surface area contributed by atoms with Crippen LogP contribution in [-0.2, 0) is 0 Å². The summed E-state index contributed by atoms with van der Waals surface area (Å²) in [4.78, 5) is 0. The summed E-state index contributed by atoms with van der Waals surface area (Å²) in [5.41, 5.74) is 0. The topological polar surface area (TPSA) is 0 Å². The van der Waals surface area contributed by atoms with E-state index in [0.29, 0.717) is 0 Å². The van der Waals surface area contributed by atoms with Crippen molar-refractivity contribution in [1.29, 1.82) is 0 Å². The van der Waals surface area contributed by atoms with Crippen LogP contribution in [0.25, 0.3) is 0 Å². The lowest BCUT2D eigenvalue weighted by Crippen LogP contribution is -1.82. The lowest BCUT2D eigenvalue weighted by atomic mass is 10.0. The molecular formula is C32H64. The van der Waals surface area contributed by atoms with Gasteiger partial charge in [-0.2, -0.15) is 0 Å². The van der Waals surface area contributed by atoms with E-state index in [0.717, 1.165) is 25.7 Å². The van der Waals surface area contributed by atoms with Crippen molar-refractivity contribution in [3.8, 4) is 0 Å². The van der Waals surface area contributed by atoms with Crippen molar-refractivity contribution in [3.05, 3.63) is 63.3 Å². The molecule has 0 saturated carbocycles. The Morgan fingerprint density at radius 2 is 0.562 bits per heavy atom. The third-order valence-corrected chi connectivity index (χ3v) is 4.42. The maximum absolute atomic E-state index is 3.75. The maximum Gasteiger partial charge on any atom is -0.0353 e. The van der Waals surface area contributed by atoms with E-state index in [-0.39, 0.29) is 0 Å². The Balaban J connectivity index is -0.000000123. The van der Waals surface area contributed by atoms with Gasteiger partial charge in [-0.05, 0) is 38.5 Å². The SMILES string of the molecule is C=CCC.C=CCC.C=CCC.C=CCC.C=CCCCCCCCCCCCCCC. The van der Waals surface area contributed by atoms with Gasteiger partial charge < -0.3 is 0 Å². The molecular weight excluding hydrogens is 384 g/mol. The molecule has 0 heterocycles. The fourth-order valence-electron chi connectivity index (χ4n) is 2.13. The fraction of sp³-hybridized carbons (Fsp3) is 0.688. The standard InChI is InChI=1S/C16H32.4C4H8/c1-3-5-7-9-11-13-15-16-14-12-10-8-6-4-2;4*1-3-4-2/h3H,1,4-16H2,2H3;4*3H,1,4H2,2H3. The van der Waals surface area contributed by atoms with Gasteiger partial charge in [0.15, 0.2) is 0 Å². The van der Waals surface area contributed by atoms with Gasteiger partial charge in [-0.25, -0.2) is 0 Å². The fourth-order valence-corrected chi connectivity index (χ4v) is 2.13. The van der Waals surface area contributed by atoms with Gasteiger partial charge in [0.25, 0.3) is 0 Å². The van der Waals surface area contributed by atoms with E-state index in [1.54, 1.807) is 0 Å². The minimum absolute atomic E-state index is 1.08. The van der Waals surface area contributed by atoms with Gasteiger partial charge in [0, 0.05) is 0 Å². The van der Waals surface area contributed by atoms with E-state index >= 15 is 0 Å². The second kappa shape index (κ2) is 57.1. The Labute approximate surface area is 207 Å². The third kappa shape index (κ3) is 89.3. The number of unbranched alkanes of at least 4 members (excludes halogenated alkanes) is 12. The van der Waals surface area contributed by atoms with Crippen molar-refractivity contribution < 1.29 is 0 Å². The molecule has 0 amide bonds. The van der Waals surface area contributed by atoms with Crippen molar-refractivity contribution in [3.63, 3.8) is 0 Å². The largest absolute Gasteiger partial charge is 0.103 e. The first kappa shape index (κ1) is 41.0. The smallest absolute Gasteiger partial charge is 0.0353 e. The van der Waals surface area contributed by atoms with Crippen LogP contribution in [0.15, 0.2) is 63.3 Å². The van der Waals surface area contributed by atoms with Gasteiger partial charge in [-0.1, -0.05) is 136 Å². The quantitative estimate of drug-likeness (QED) is 0.153. The minimum atomic E-state index is 1.08. The molecule has 0 aliphatic carbocycles. The van der Waals surface area contributed by atoms with Crippen LogP contribution in [0, 0.1) is 0 Å². The van der Waals surface area contributed by atoms with E-state index in [1.807, 2.05) is 30.4 Å². The van der Waals surface area contributed by atoms with E-state index in [4.69, 9.17) is 0 Å². The zero-order chi connectivity index (χ0) is 25.6. The Bertz CT molecular complexity index is 278. The van der Waals surface area contributed by atoms with E-state index in [1.165, 1.54) is 83.5 Å². The lowest BCUT2D eigenvalue weighted by Gasteiger charge is -2.02. The molecule has 0 spiro atoms. The first-order valence-corrected chi connectivity index (χ1v) is 13.6. The molecule has 0 aliphatic rings. The van der Waals surface area contributed by atoms with Crippen LogP contribution >= 0.6 is 0 Å². The van der Waals surface area contributed by atoms with Gasteiger partial charge in [-0.15, -0.1) is 32.9 Å². The monoisotopic (exact) mass is 449 g/mol. The highest BCUT2D eigenvalue weighted by molar-refractivity contribution is 4.65. The number of hydrogen-bond acceptors (Lipinski definition) is 0. The first-order valence-electron chi connectivity index (χ1n) is 13.6. The second-order valence-corrected chi connectivity index (χ2v) is 7.75. The summed E-state index contributed by atoms with van der Waals surface area (Å²) in [6, 6.07) is 0. The molecule has 0 unspecified atom stereocenters. The van der Waals surface area contributed by atoms with Gasteiger partial charge in [-0.3, -0.25) is 0 Å². The second-order valence-electron chi connectivity index (χ2n) is 7.75. The molecule has 0 rings (SSSR count).